The second kappa shape index (κ2) is 12.7. The molecule has 0 fully saturated rings. The number of nitrogens with zero attached hydrogens (tertiary/aromatic N) is 1. The van der Waals surface area contributed by atoms with Gasteiger partial charge < -0.3 is 19.7 Å². The van der Waals surface area contributed by atoms with E-state index in [9.17, 15) is 14.0 Å². The molecule has 0 aliphatic carbocycles. The smallest absolute Gasteiger partial charge is 0.258 e. The van der Waals surface area contributed by atoms with Gasteiger partial charge in [-0.25, -0.2) is 4.39 Å². The van der Waals surface area contributed by atoms with Gasteiger partial charge in [0, 0.05) is 24.7 Å². The summed E-state index contributed by atoms with van der Waals surface area (Å²) in [6.07, 6.45) is 2.94. The molecule has 0 aliphatic heterocycles. The maximum absolute atomic E-state index is 13.3. The molecule has 1 N–H and O–H groups in total. The summed E-state index contributed by atoms with van der Waals surface area (Å²) in [5, 5.41) is 2.76. The molecule has 2 aromatic carbocycles. The number of hydrogen-bond acceptors (Lipinski definition) is 4. The molecule has 0 aromatic heterocycles. The van der Waals surface area contributed by atoms with Gasteiger partial charge in [-0.15, -0.1) is 0 Å². The maximum atomic E-state index is 13.3. The summed E-state index contributed by atoms with van der Waals surface area (Å²) >= 11 is 0. The lowest BCUT2D eigenvalue weighted by molar-refractivity contribution is -0.123. The highest BCUT2D eigenvalue weighted by Gasteiger charge is 2.19. The third-order valence-electron chi connectivity index (χ3n) is 4.82. The van der Waals surface area contributed by atoms with Crippen LogP contribution in [0.4, 0.5) is 4.39 Å². The Bertz CT molecular complexity index is 884. The number of carbonyl (C=O) groups is 2. The monoisotopic (exact) mass is 444 g/mol. The van der Waals surface area contributed by atoms with Crippen molar-refractivity contribution in [2.45, 2.75) is 52.6 Å². The first-order chi connectivity index (χ1) is 15.3. The van der Waals surface area contributed by atoms with E-state index in [0.29, 0.717) is 30.2 Å². The Morgan fingerprint density at radius 3 is 2.41 bits per heavy atom. The van der Waals surface area contributed by atoms with Crippen LogP contribution in [0.2, 0.25) is 0 Å². The van der Waals surface area contributed by atoms with Gasteiger partial charge in [-0.2, -0.15) is 0 Å². The standard InChI is InChI=1S/C25H33FN2O4/c1-5-6-7-14-28(16-19-8-11-21(26)12-9-19)25(30)20-10-13-22(23(15-20)31-4)32-17-24(29)27-18(2)3/h8-13,15,18H,5-7,14,16-17H2,1-4H3,(H,27,29). The minimum Gasteiger partial charge on any atom is -0.493 e. The molecule has 0 unspecified atom stereocenters. The van der Waals surface area contributed by atoms with E-state index in [0.717, 1.165) is 24.8 Å². The van der Waals surface area contributed by atoms with Gasteiger partial charge in [0.05, 0.1) is 7.11 Å². The predicted molar refractivity (Wildman–Crippen MR) is 122 cm³/mol. The average molecular weight is 445 g/mol. The van der Waals surface area contributed by atoms with E-state index >= 15 is 0 Å². The van der Waals surface area contributed by atoms with Crippen molar-refractivity contribution in [3.63, 3.8) is 0 Å². The largest absolute Gasteiger partial charge is 0.493 e. The SMILES string of the molecule is CCCCCN(Cc1ccc(F)cc1)C(=O)c1ccc(OCC(=O)NC(C)C)c(OC)c1. The zero-order valence-electron chi connectivity index (χ0n) is 19.3. The van der Waals surface area contributed by atoms with Crippen molar-refractivity contribution in [2.24, 2.45) is 0 Å². The topological polar surface area (TPSA) is 67.9 Å². The lowest BCUT2D eigenvalue weighted by atomic mass is 10.1. The number of benzene rings is 2. The Labute approximate surface area is 189 Å². The molecule has 2 aromatic rings. The van der Waals surface area contributed by atoms with Gasteiger partial charge >= 0.3 is 0 Å². The second-order valence-electron chi connectivity index (χ2n) is 7.94. The van der Waals surface area contributed by atoms with Gasteiger partial charge in [0.25, 0.3) is 11.8 Å². The molecule has 0 radical (unpaired) electrons. The van der Waals surface area contributed by atoms with Crippen LogP contribution in [-0.4, -0.2) is 43.0 Å². The fraction of sp³-hybridized carbons (Fsp3) is 0.440. The Balaban J connectivity index is 2.16. The van der Waals surface area contributed by atoms with Crippen molar-refractivity contribution >= 4 is 11.8 Å². The number of methoxy groups -OCH3 is 1. The van der Waals surface area contributed by atoms with Crippen LogP contribution < -0.4 is 14.8 Å². The van der Waals surface area contributed by atoms with Gasteiger partial charge in [-0.3, -0.25) is 9.59 Å². The highest BCUT2D eigenvalue weighted by Crippen LogP contribution is 2.29. The van der Waals surface area contributed by atoms with E-state index in [1.807, 2.05) is 13.8 Å². The van der Waals surface area contributed by atoms with E-state index in [1.54, 1.807) is 35.2 Å². The molecule has 0 atom stereocenters. The molecule has 0 heterocycles. The molecular formula is C25H33FN2O4. The van der Waals surface area contributed by atoms with Gasteiger partial charge in [0.15, 0.2) is 18.1 Å². The van der Waals surface area contributed by atoms with Crippen LogP contribution in [0.25, 0.3) is 0 Å². The molecule has 32 heavy (non-hydrogen) atoms. The predicted octanol–water partition coefficient (Wildman–Crippen LogP) is 4.57. The number of halogens is 1. The number of amides is 2. The van der Waals surface area contributed by atoms with E-state index in [2.05, 4.69) is 12.2 Å². The van der Waals surface area contributed by atoms with Crippen molar-refractivity contribution in [3.8, 4) is 11.5 Å². The van der Waals surface area contributed by atoms with Gasteiger partial charge in [0.1, 0.15) is 5.82 Å². The van der Waals surface area contributed by atoms with Crippen molar-refractivity contribution in [2.75, 3.05) is 20.3 Å². The lowest BCUT2D eigenvalue weighted by Gasteiger charge is -2.23. The van der Waals surface area contributed by atoms with E-state index in [1.165, 1.54) is 19.2 Å². The fourth-order valence-electron chi connectivity index (χ4n) is 3.22. The molecule has 2 rings (SSSR count). The quantitative estimate of drug-likeness (QED) is 0.487. The summed E-state index contributed by atoms with van der Waals surface area (Å²) < 4.78 is 24.2. The first-order valence-electron chi connectivity index (χ1n) is 11.0. The molecule has 0 bridgehead atoms. The first kappa shape index (κ1) is 25.2. The van der Waals surface area contributed by atoms with Crippen LogP contribution in [0.3, 0.4) is 0 Å². The minimum atomic E-state index is -0.306. The molecule has 174 valence electrons. The molecule has 0 saturated carbocycles. The van der Waals surface area contributed by atoms with E-state index < -0.39 is 0 Å². The molecule has 0 aliphatic rings. The first-order valence-corrected chi connectivity index (χ1v) is 11.0. The van der Waals surface area contributed by atoms with Crippen LogP contribution in [0.1, 0.15) is 56.0 Å². The minimum absolute atomic E-state index is 0.0211. The summed E-state index contributed by atoms with van der Waals surface area (Å²) in [6, 6.07) is 11.1. The zero-order valence-corrected chi connectivity index (χ0v) is 19.3. The zero-order chi connectivity index (χ0) is 23.5. The number of nitrogens with one attached hydrogen (secondary N) is 1. The van der Waals surface area contributed by atoms with Crippen molar-refractivity contribution in [3.05, 3.63) is 59.4 Å². The molecule has 2 amide bonds. The maximum Gasteiger partial charge on any atom is 0.258 e. The Hall–Kier alpha value is -3.09. The summed E-state index contributed by atoms with van der Waals surface area (Å²) in [7, 11) is 1.49. The van der Waals surface area contributed by atoms with Crippen LogP contribution in [0, 0.1) is 5.82 Å². The number of ether oxygens (including phenoxy) is 2. The highest BCUT2D eigenvalue weighted by atomic mass is 19.1. The van der Waals surface area contributed by atoms with Crippen LogP contribution in [-0.2, 0) is 11.3 Å². The lowest BCUT2D eigenvalue weighted by Crippen LogP contribution is -2.34. The molecule has 6 nitrogen and oxygen atoms in total. The Morgan fingerprint density at radius 1 is 1.06 bits per heavy atom. The van der Waals surface area contributed by atoms with Crippen molar-refractivity contribution in [1.82, 2.24) is 10.2 Å². The second-order valence-corrected chi connectivity index (χ2v) is 7.94. The summed E-state index contributed by atoms with van der Waals surface area (Å²) in [4.78, 5) is 26.9. The van der Waals surface area contributed by atoms with Gasteiger partial charge in [0.2, 0.25) is 0 Å². The van der Waals surface area contributed by atoms with Gasteiger partial charge in [-0.1, -0.05) is 31.9 Å². The van der Waals surface area contributed by atoms with Crippen LogP contribution in [0.15, 0.2) is 42.5 Å². The van der Waals surface area contributed by atoms with Crippen LogP contribution in [0.5, 0.6) is 11.5 Å². The summed E-state index contributed by atoms with van der Waals surface area (Å²) in [6.45, 7) is 6.69. The number of carbonyl (C=O) groups excluding carboxylic acids is 2. The van der Waals surface area contributed by atoms with Crippen LogP contribution >= 0.6 is 0 Å². The Kier molecular flexibility index (Phi) is 9.98. The summed E-state index contributed by atoms with van der Waals surface area (Å²) in [5.74, 6) is 0.0824. The third kappa shape index (κ3) is 7.87. The highest BCUT2D eigenvalue weighted by molar-refractivity contribution is 5.95. The molecule has 0 spiro atoms. The average Bonchev–Trinajstić information content (AvgIpc) is 2.77. The number of rotatable bonds is 12. The third-order valence-corrected chi connectivity index (χ3v) is 4.82. The number of hydrogen-bond donors (Lipinski definition) is 1. The molecule has 0 saturated heterocycles. The van der Waals surface area contributed by atoms with Crippen molar-refractivity contribution < 1.29 is 23.5 Å². The normalized spacial score (nSPS) is 10.7. The molecule has 7 heteroatoms. The van der Waals surface area contributed by atoms with Gasteiger partial charge in [-0.05, 0) is 56.2 Å². The fourth-order valence-corrected chi connectivity index (χ4v) is 3.22. The van der Waals surface area contributed by atoms with E-state index in [4.69, 9.17) is 9.47 Å². The number of unbranched alkanes of at least 4 members (excludes halogenated alkanes) is 2. The Morgan fingerprint density at radius 2 is 1.78 bits per heavy atom. The van der Waals surface area contributed by atoms with E-state index in [-0.39, 0.29) is 30.3 Å². The molecular weight excluding hydrogens is 411 g/mol. The summed E-state index contributed by atoms with van der Waals surface area (Å²) in [5.41, 5.74) is 1.32. The van der Waals surface area contributed by atoms with Crippen molar-refractivity contribution in [1.29, 1.82) is 0 Å².